The minimum Gasteiger partial charge on any atom is -0.454 e. The molecule has 1 aromatic rings. The number of hydrogen-bond donors (Lipinski definition) is 2. The lowest BCUT2D eigenvalue weighted by Gasteiger charge is -2.29. The monoisotopic (exact) mass is 350 g/mol. The summed E-state index contributed by atoms with van der Waals surface area (Å²) in [4.78, 5) is 35.2. The fraction of sp³-hybridized carbons (Fsp3) is 0.500. The van der Waals surface area contributed by atoms with Gasteiger partial charge in [0.2, 0.25) is 0 Å². The van der Waals surface area contributed by atoms with Crippen molar-refractivity contribution in [3.8, 4) is 0 Å². The average Bonchev–Trinajstić information content (AvgIpc) is 2.60. The first-order valence-electron chi connectivity index (χ1n) is 8.44. The van der Waals surface area contributed by atoms with Gasteiger partial charge in [0.15, 0.2) is 6.61 Å². The van der Waals surface area contributed by atoms with Crippen LogP contribution in [0.2, 0.25) is 0 Å². The second-order valence-electron chi connectivity index (χ2n) is 6.29. The van der Waals surface area contributed by atoms with E-state index >= 15 is 0 Å². The maximum atomic E-state index is 13.0. The Morgan fingerprint density at radius 3 is 2.72 bits per heavy atom. The molecule has 2 rings (SSSR count). The molecule has 0 saturated heterocycles. The van der Waals surface area contributed by atoms with Gasteiger partial charge in [0.05, 0.1) is 0 Å². The van der Waals surface area contributed by atoms with E-state index in [0.29, 0.717) is 5.92 Å². The summed E-state index contributed by atoms with van der Waals surface area (Å²) in [6.45, 7) is 1.33. The molecule has 1 aliphatic rings. The van der Waals surface area contributed by atoms with E-state index in [1.165, 1.54) is 24.6 Å². The van der Waals surface area contributed by atoms with E-state index in [4.69, 9.17) is 4.74 Å². The van der Waals surface area contributed by atoms with E-state index < -0.39 is 17.7 Å². The van der Waals surface area contributed by atoms with Crippen LogP contribution in [-0.2, 0) is 14.3 Å². The molecule has 1 fully saturated rings. The van der Waals surface area contributed by atoms with Crippen LogP contribution in [0.1, 0.15) is 43.0 Å². The molecule has 1 saturated carbocycles. The number of carbonyl (C=O) groups excluding carboxylic acids is 3. The number of esters is 1. The van der Waals surface area contributed by atoms with Gasteiger partial charge >= 0.3 is 5.97 Å². The van der Waals surface area contributed by atoms with E-state index in [1.807, 2.05) is 0 Å². The van der Waals surface area contributed by atoms with E-state index in [0.717, 1.165) is 25.3 Å². The number of ether oxygens (including phenoxy) is 1. The molecule has 0 spiro atoms. The van der Waals surface area contributed by atoms with Crippen LogP contribution in [0.3, 0.4) is 0 Å². The van der Waals surface area contributed by atoms with E-state index in [9.17, 15) is 18.8 Å². The molecule has 0 heterocycles. The fourth-order valence-corrected chi connectivity index (χ4v) is 2.86. The second-order valence-corrected chi connectivity index (χ2v) is 6.29. The number of carbonyl (C=O) groups is 3. The summed E-state index contributed by atoms with van der Waals surface area (Å²) >= 11 is 0. The van der Waals surface area contributed by atoms with E-state index in [1.54, 1.807) is 0 Å². The molecule has 25 heavy (non-hydrogen) atoms. The van der Waals surface area contributed by atoms with Gasteiger partial charge in [-0.05, 0) is 37.0 Å². The minimum atomic E-state index is -0.725. The summed E-state index contributed by atoms with van der Waals surface area (Å²) in [5.74, 6) is -1.78. The van der Waals surface area contributed by atoms with Crippen LogP contribution in [0.15, 0.2) is 24.3 Å². The molecule has 1 aliphatic carbocycles. The Morgan fingerprint density at radius 1 is 1.24 bits per heavy atom. The third-order valence-electron chi connectivity index (χ3n) is 4.30. The van der Waals surface area contributed by atoms with Crippen molar-refractivity contribution in [2.75, 3.05) is 13.2 Å². The molecule has 2 amide bonds. The van der Waals surface area contributed by atoms with Crippen molar-refractivity contribution >= 4 is 17.8 Å². The van der Waals surface area contributed by atoms with Gasteiger partial charge in [-0.1, -0.05) is 25.8 Å². The standard InChI is InChI=1S/C18H23FN2O4/c1-12-5-2-3-8-15(12)21-16(22)11-25-17(23)10-20-18(24)13-6-4-7-14(19)9-13/h4,6-7,9,12,15H,2-3,5,8,10-11H2,1H3,(H,20,24)(H,21,22)/t12-,15-/m0/s1. The molecular formula is C18H23FN2O4. The molecule has 7 heteroatoms. The Balaban J connectivity index is 1.68. The van der Waals surface area contributed by atoms with Crippen LogP contribution in [-0.4, -0.2) is 37.0 Å². The van der Waals surface area contributed by atoms with Crippen molar-refractivity contribution in [1.29, 1.82) is 0 Å². The molecule has 0 radical (unpaired) electrons. The highest BCUT2D eigenvalue weighted by molar-refractivity contribution is 5.96. The van der Waals surface area contributed by atoms with Crippen molar-refractivity contribution in [3.05, 3.63) is 35.6 Å². The summed E-state index contributed by atoms with van der Waals surface area (Å²) in [5, 5.41) is 5.20. The third-order valence-corrected chi connectivity index (χ3v) is 4.30. The highest BCUT2D eigenvalue weighted by Gasteiger charge is 2.23. The second kappa shape index (κ2) is 9.15. The summed E-state index contributed by atoms with van der Waals surface area (Å²) in [5.41, 5.74) is 0.108. The van der Waals surface area contributed by atoms with Crippen molar-refractivity contribution in [3.63, 3.8) is 0 Å². The van der Waals surface area contributed by atoms with Crippen LogP contribution >= 0.6 is 0 Å². The Morgan fingerprint density at radius 2 is 2.00 bits per heavy atom. The van der Waals surface area contributed by atoms with Gasteiger partial charge in [0.25, 0.3) is 11.8 Å². The van der Waals surface area contributed by atoms with Gasteiger partial charge in [-0.3, -0.25) is 14.4 Å². The summed E-state index contributed by atoms with van der Waals surface area (Å²) < 4.78 is 17.9. The van der Waals surface area contributed by atoms with Crippen LogP contribution in [0.25, 0.3) is 0 Å². The average molecular weight is 350 g/mol. The van der Waals surface area contributed by atoms with Crippen LogP contribution < -0.4 is 10.6 Å². The van der Waals surface area contributed by atoms with Gasteiger partial charge in [-0.25, -0.2) is 4.39 Å². The molecule has 2 N–H and O–H groups in total. The van der Waals surface area contributed by atoms with Crippen LogP contribution in [0.5, 0.6) is 0 Å². The number of hydrogen-bond acceptors (Lipinski definition) is 4. The summed E-state index contributed by atoms with van der Waals surface area (Å²) in [6, 6.07) is 5.24. The number of amides is 2. The zero-order valence-electron chi connectivity index (χ0n) is 14.2. The Kier molecular flexibility index (Phi) is 6.91. The Hall–Kier alpha value is -2.44. The number of benzene rings is 1. The predicted molar refractivity (Wildman–Crippen MR) is 89.3 cm³/mol. The van der Waals surface area contributed by atoms with Crippen molar-refractivity contribution in [1.82, 2.24) is 10.6 Å². The Labute approximate surface area is 146 Å². The quantitative estimate of drug-likeness (QED) is 0.766. The molecular weight excluding hydrogens is 327 g/mol. The number of halogens is 1. The van der Waals surface area contributed by atoms with Crippen molar-refractivity contribution < 1.29 is 23.5 Å². The van der Waals surface area contributed by atoms with E-state index in [2.05, 4.69) is 17.6 Å². The lowest BCUT2D eigenvalue weighted by Crippen LogP contribution is -2.43. The molecule has 0 bridgehead atoms. The maximum Gasteiger partial charge on any atom is 0.325 e. The molecule has 1 aromatic carbocycles. The van der Waals surface area contributed by atoms with Gasteiger partial charge < -0.3 is 15.4 Å². The van der Waals surface area contributed by atoms with Crippen molar-refractivity contribution in [2.45, 2.75) is 38.6 Å². The van der Waals surface area contributed by atoms with Gasteiger partial charge in [-0.15, -0.1) is 0 Å². The highest BCUT2D eigenvalue weighted by Crippen LogP contribution is 2.23. The lowest BCUT2D eigenvalue weighted by atomic mass is 9.86. The largest absolute Gasteiger partial charge is 0.454 e. The lowest BCUT2D eigenvalue weighted by molar-refractivity contribution is -0.147. The Bertz CT molecular complexity index is 635. The molecule has 6 nitrogen and oxygen atoms in total. The zero-order valence-corrected chi connectivity index (χ0v) is 14.2. The summed E-state index contributed by atoms with van der Waals surface area (Å²) in [6.07, 6.45) is 4.27. The normalized spacial score (nSPS) is 19.8. The smallest absolute Gasteiger partial charge is 0.325 e. The van der Waals surface area contributed by atoms with Crippen LogP contribution in [0, 0.1) is 11.7 Å². The topological polar surface area (TPSA) is 84.5 Å². The van der Waals surface area contributed by atoms with Gasteiger partial charge in [-0.2, -0.15) is 0 Å². The maximum absolute atomic E-state index is 13.0. The first-order chi connectivity index (χ1) is 12.0. The number of nitrogens with one attached hydrogen (secondary N) is 2. The SMILES string of the molecule is C[C@H]1CCCC[C@@H]1NC(=O)COC(=O)CNC(=O)c1cccc(F)c1. The molecule has 2 atom stereocenters. The first kappa shape index (κ1) is 18.9. The van der Waals surface area contributed by atoms with Crippen molar-refractivity contribution in [2.24, 2.45) is 5.92 Å². The predicted octanol–water partition coefficient (Wildman–Crippen LogP) is 1.79. The van der Waals surface area contributed by atoms with E-state index in [-0.39, 0.29) is 30.7 Å². The third kappa shape index (κ3) is 6.17. The van der Waals surface area contributed by atoms with Gasteiger partial charge in [0.1, 0.15) is 12.4 Å². The molecule has 136 valence electrons. The zero-order chi connectivity index (χ0) is 18.2. The minimum absolute atomic E-state index is 0.108. The molecule has 0 aliphatic heterocycles. The number of rotatable bonds is 6. The first-order valence-corrected chi connectivity index (χ1v) is 8.44. The fourth-order valence-electron chi connectivity index (χ4n) is 2.86. The van der Waals surface area contributed by atoms with Gasteiger partial charge in [0, 0.05) is 11.6 Å². The molecule has 0 aromatic heterocycles. The molecule has 0 unspecified atom stereocenters. The summed E-state index contributed by atoms with van der Waals surface area (Å²) in [7, 11) is 0. The highest BCUT2D eigenvalue weighted by atomic mass is 19.1. The van der Waals surface area contributed by atoms with Crippen LogP contribution in [0.4, 0.5) is 4.39 Å².